The molecule has 0 radical (unpaired) electrons. The summed E-state index contributed by atoms with van der Waals surface area (Å²) >= 11 is 5.50. The summed E-state index contributed by atoms with van der Waals surface area (Å²) in [6.45, 7) is 11.1. The first-order valence-electron chi connectivity index (χ1n) is 14.5. The highest BCUT2D eigenvalue weighted by Crippen LogP contribution is 2.10. The number of carbonyl (C=O) groups is 1. The fourth-order valence-corrected chi connectivity index (χ4v) is 3.22. The van der Waals surface area contributed by atoms with E-state index < -0.39 is 0 Å². The Bertz CT molecular complexity index is 699. The molecule has 41 heavy (non-hydrogen) atoms. The van der Waals surface area contributed by atoms with E-state index in [4.69, 9.17) is 54.2 Å². The molecule has 1 aromatic rings. The molecule has 0 aliphatic heterocycles. The summed E-state index contributed by atoms with van der Waals surface area (Å²) < 4.78 is 48.4. The van der Waals surface area contributed by atoms with Gasteiger partial charge < -0.3 is 47.9 Å². The maximum absolute atomic E-state index is 12.1. The van der Waals surface area contributed by atoms with Gasteiger partial charge in [-0.25, -0.2) is 4.79 Å². The van der Waals surface area contributed by atoms with Gasteiger partial charge in [0.2, 0.25) is 0 Å². The first-order chi connectivity index (χ1) is 20.3. The van der Waals surface area contributed by atoms with Gasteiger partial charge in [0.05, 0.1) is 111 Å². The smallest absolute Gasteiger partial charge is 0.338 e. The Labute approximate surface area is 250 Å². The van der Waals surface area contributed by atoms with Crippen LogP contribution in [-0.2, 0) is 42.6 Å². The van der Waals surface area contributed by atoms with Crippen LogP contribution >= 0.6 is 11.6 Å². The van der Waals surface area contributed by atoms with Crippen molar-refractivity contribution in [2.75, 3.05) is 130 Å². The Morgan fingerprint density at radius 1 is 0.585 bits per heavy atom. The second kappa shape index (κ2) is 29.9. The molecule has 0 aliphatic carbocycles. The van der Waals surface area contributed by atoms with Crippen LogP contribution in [0.25, 0.3) is 0 Å². The molecule has 0 heterocycles. The second-order valence-corrected chi connectivity index (χ2v) is 8.96. The highest BCUT2D eigenvalue weighted by atomic mass is 35.5. The minimum atomic E-state index is -0.359. The van der Waals surface area contributed by atoms with Crippen LogP contribution in [0.1, 0.15) is 30.1 Å². The summed E-state index contributed by atoms with van der Waals surface area (Å²) in [5, 5.41) is 3.31. The fourth-order valence-electron chi connectivity index (χ4n) is 3.11. The van der Waals surface area contributed by atoms with Crippen LogP contribution in [0.2, 0.25) is 0 Å². The number of rotatable bonds is 31. The van der Waals surface area contributed by atoms with Crippen LogP contribution in [0.4, 0.5) is 5.69 Å². The molecule has 0 saturated heterocycles. The number of nitrogens with one attached hydrogen (secondary N) is 1. The molecule has 0 atom stereocenters. The Balaban J connectivity index is 1.75. The normalized spacial score (nSPS) is 11.2. The molecule has 238 valence electrons. The van der Waals surface area contributed by atoms with Gasteiger partial charge >= 0.3 is 5.97 Å². The van der Waals surface area contributed by atoms with E-state index in [-0.39, 0.29) is 12.6 Å². The van der Waals surface area contributed by atoms with Gasteiger partial charge in [-0.05, 0) is 30.7 Å². The van der Waals surface area contributed by atoms with Gasteiger partial charge in [0, 0.05) is 18.1 Å². The zero-order valence-corrected chi connectivity index (χ0v) is 25.4. The summed E-state index contributed by atoms with van der Waals surface area (Å²) in [6, 6.07) is 7.29. The predicted octanol–water partition coefficient (Wildman–Crippen LogP) is 3.43. The van der Waals surface area contributed by atoms with Gasteiger partial charge in [-0.1, -0.05) is 13.3 Å². The zero-order chi connectivity index (χ0) is 29.5. The summed E-state index contributed by atoms with van der Waals surface area (Å²) in [5.41, 5.74) is 1.52. The maximum atomic E-state index is 12.1. The number of hydrogen-bond donors (Lipinski definition) is 1. The minimum absolute atomic E-state index is 0.194. The molecule has 0 bridgehead atoms. The molecule has 0 unspecified atom stereocenters. The van der Waals surface area contributed by atoms with Crippen LogP contribution in [0.3, 0.4) is 0 Å². The lowest BCUT2D eigenvalue weighted by Gasteiger charge is -2.09. The summed E-state index contributed by atoms with van der Waals surface area (Å²) in [6.07, 6.45) is 2.25. The number of ether oxygens (including phenoxy) is 9. The van der Waals surface area contributed by atoms with Crippen molar-refractivity contribution < 1.29 is 47.4 Å². The number of alkyl halides is 1. The third kappa shape index (κ3) is 24.7. The summed E-state index contributed by atoms with van der Waals surface area (Å²) in [5.74, 6) is 0.136. The lowest BCUT2D eigenvalue weighted by Crippen LogP contribution is -2.15. The van der Waals surface area contributed by atoms with E-state index in [1.807, 2.05) is 12.1 Å². The summed E-state index contributed by atoms with van der Waals surface area (Å²) in [7, 11) is 0. The molecule has 0 fully saturated rings. The number of hydrogen-bond acceptors (Lipinski definition) is 11. The van der Waals surface area contributed by atoms with Gasteiger partial charge in [0.1, 0.15) is 6.61 Å². The molecule has 0 amide bonds. The van der Waals surface area contributed by atoms with E-state index >= 15 is 0 Å². The van der Waals surface area contributed by atoms with E-state index in [9.17, 15) is 4.79 Å². The molecular formula is C29H50ClNO10. The Morgan fingerprint density at radius 2 is 0.951 bits per heavy atom. The second-order valence-electron chi connectivity index (χ2n) is 8.58. The summed E-state index contributed by atoms with van der Waals surface area (Å²) in [4.78, 5) is 12.1. The van der Waals surface area contributed by atoms with E-state index in [1.165, 1.54) is 0 Å². The van der Waals surface area contributed by atoms with Crippen LogP contribution in [0.15, 0.2) is 24.3 Å². The fraction of sp³-hybridized carbons (Fsp3) is 0.759. The van der Waals surface area contributed by atoms with Crippen LogP contribution in [-0.4, -0.2) is 131 Å². The van der Waals surface area contributed by atoms with Gasteiger partial charge in [0.25, 0.3) is 0 Å². The van der Waals surface area contributed by atoms with Crippen molar-refractivity contribution in [3.63, 3.8) is 0 Å². The van der Waals surface area contributed by atoms with Crippen molar-refractivity contribution in [1.82, 2.24) is 0 Å². The van der Waals surface area contributed by atoms with Crippen molar-refractivity contribution in [3.8, 4) is 0 Å². The van der Waals surface area contributed by atoms with Crippen molar-refractivity contribution in [3.05, 3.63) is 29.8 Å². The first kappa shape index (κ1) is 37.5. The first-order valence-corrected chi connectivity index (χ1v) is 15.0. The van der Waals surface area contributed by atoms with Gasteiger partial charge in [0.15, 0.2) is 0 Å². The molecule has 0 spiro atoms. The predicted molar refractivity (Wildman–Crippen MR) is 157 cm³/mol. The maximum Gasteiger partial charge on any atom is 0.338 e. The third-order valence-corrected chi connectivity index (χ3v) is 5.42. The zero-order valence-electron chi connectivity index (χ0n) is 24.6. The third-order valence-electron chi connectivity index (χ3n) is 5.27. The van der Waals surface area contributed by atoms with E-state index in [0.717, 1.165) is 25.1 Å². The van der Waals surface area contributed by atoms with Crippen molar-refractivity contribution in [1.29, 1.82) is 0 Å². The van der Waals surface area contributed by atoms with E-state index in [2.05, 4.69) is 12.2 Å². The molecular weight excluding hydrogens is 558 g/mol. The molecule has 1 rings (SSSR count). The van der Waals surface area contributed by atoms with Gasteiger partial charge in [-0.3, -0.25) is 0 Å². The number of esters is 1. The minimum Gasteiger partial charge on any atom is -0.460 e. The highest BCUT2D eigenvalue weighted by Gasteiger charge is 2.06. The molecule has 11 nitrogen and oxygen atoms in total. The lowest BCUT2D eigenvalue weighted by atomic mass is 10.2. The topological polar surface area (TPSA) is 112 Å². The highest BCUT2D eigenvalue weighted by molar-refractivity contribution is 6.17. The Morgan fingerprint density at radius 3 is 1.32 bits per heavy atom. The molecule has 0 aromatic heterocycles. The largest absolute Gasteiger partial charge is 0.460 e. The van der Waals surface area contributed by atoms with Gasteiger partial charge in [-0.2, -0.15) is 0 Å². The number of carbonyl (C=O) groups excluding carboxylic acids is 1. The molecule has 0 saturated carbocycles. The standard InChI is InChI=1S/C29H50ClNO10/c1-2-3-9-31-28-6-4-27(5-7-28)29(32)41-26-25-40-24-23-39-22-21-38-20-19-37-18-17-36-16-15-35-14-13-34-12-11-33-10-8-30/h4-7,31H,2-3,8-26H2,1H3. The van der Waals surface area contributed by atoms with Gasteiger partial charge in [-0.15, -0.1) is 11.6 Å². The Hall–Kier alpha value is -1.54. The van der Waals surface area contributed by atoms with Crippen molar-refractivity contribution in [2.24, 2.45) is 0 Å². The lowest BCUT2D eigenvalue weighted by molar-refractivity contribution is -0.0241. The van der Waals surface area contributed by atoms with Crippen LogP contribution in [0, 0.1) is 0 Å². The van der Waals surface area contributed by atoms with Crippen LogP contribution < -0.4 is 5.32 Å². The molecule has 1 aromatic carbocycles. The molecule has 0 aliphatic rings. The molecule has 12 heteroatoms. The number of unbranched alkanes of at least 4 members (excludes halogenated alkanes) is 1. The quantitative estimate of drug-likeness (QED) is 0.0761. The van der Waals surface area contributed by atoms with Crippen molar-refractivity contribution >= 4 is 23.3 Å². The average Bonchev–Trinajstić information content (AvgIpc) is 2.99. The van der Waals surface area contributed by atoms with E-state index in [1.54, 1.807) is 12.1 Å². The average molecular weight is 608 g/mol. The van der Waals surface area contributed by atoms with Crippen LogP contribution in [0.5, 0.6) is 0 Å². The number of anilines is 1. The SMILES string of the molecule is CCCCNc1ccc(C(=O)OCCOCCOCCOCCOCCOCCOCCOCCOCCCl)cc1. The Kier molecular flexibility index (Phi) is 27.4. The van der Waals surface area contributed by atoms with E-state index in [0.29, 0.717) is 117 Å². The molecule has 1 N–H and O–H groups in total. The monoisotopic (exact) mass is 607 g/mol. The van der Waals surface area contributed by atoms with Crippen molar-refractivity contribution in [2.45, 2.75) is 19.8 Å². The number of halogens is 1. The number of benzene rings is 1.